The second-order valence-electron chi connectivity index (χ2n) is 6.53. The van der Waals surface area contributed by atoms with Crippen molar-refractivity contribution in [3.8, 4) is 0 Å². The fraction of sp³-hybridized carbons (Fsp3) is 0.727. The van der Waals surface area contributed by atoms with Crippen LogP contribution < -0.4 is 0 Å². The van der Waals surface area contributed by atoms with Crippen LogP contribution in [-0.2, 0) is 39.8 Å². The molecular formula is C22H38O7. The third kappa shape index (κ3) is 13.0. The Morgan fingerprint density at radius 1 is 0.690 bits per heavy atom. The first-order valence-corrected chi connectivity index (χ1v) is 10.3. The van der Waals surface area contributed by atoms with Crippen LogP contribution >= 0.6 is 0 Å². The average Bonchev–Trinajstić information content (AvgIpc) is 2.72. The van der Waals surface area contributed by atoms with Gasteiger partial charge in [0.05, 0.1) is 33.0 Å². The third-order valence-corrected chi connectivity index (χ3v) is 4.10. The lowest BCUT2D eigenvalue weighted by atomic mass is 10.2. The Kier molecular flexibility index (Phi) is 15.0. The lowest BCUT2D eigenvalue weighted by Crippen LogP contribution is -2.34. The molecule has 0 saturated heterocycles. The highest BCUT2D eigenvalue weighted by atomic mass is 16.7. The number of methoxy groups -OCH3 is 1. The van der Waals surface area contributed by atoms with Gasteiger partial charge < -0.3 is 33.2 Å². The van der Waals surface area contributed by atoms with Gasteiger partial charge in [0, 0.05) is 20.3 Å². The highest BCUT2D eigenvalue weighted by Gasteiger charge is 2.17. The molecule has 2 unspecified atom stereocenters. The van der Waals surface area contributed by atoms with Crippen LogP contribution in [0.5, 0.6) is 0 Å². The zero-order chi connectivity index (χ0) is 21.3. The van der Waals surface area contributed by atoms with Crippen LogP contribution in [0.2, 0.25) is 0 Å². The van der Waals surface area contributed by atoms with Crippen LogP contribution in [0.15, 0.2) is 30.3 Å². The van der Waals surface area contributed by atoms with Gasteiger partial charge in [0.2, 0.25) is 0 Å². The Bertz CT molecular complexity index is 485. The molecule has 0 aliphatic heterocycles. The summed E-state index contributed by atoms with van der Waals surface area (Å²) in [6, 6.07) is 10.0. The van der Waals surface area contributed by atoms with Gasteiger partial charge in [-0.2, -0.15) is 0 Å². The van der Waals surface area contributed by atoms with E-state index in [-0.39, 0.29) is 24.8 Å². The van der Waals surface area contributed by atoms with Crippen LogP contribution in [0, 0.1) is 0 Å². The van der Waals surface area contributed by atoms with Crippen LogP contribution in [0.4, 0.5) is 0 Å². The maximum atomic E-state index is 6.00. The molecule has 0 heterocycles. The number of hydrogen-bond donors (Lipinski definition) is 0. The van der Waals surface area contributed by atoms with E-state index in [9.17, 15) is 0 Å². The molecule has 168 valence electrons. The monoisotopic (exact) mass is 414 g/mol. The molecule has 7 heteroatoms. The van der Waals surface area contributed by atoms with E-state index in [1.807, 2.05) is 58.0 Å². The van der Waals surface area contributed by atoms with E-state index in [2.05, 4.69) is 0 Å². The summed E-state index contributed by atoms with van der Waals surface area (Å²) >= 11 is 0. The summed E-state index contributed by atoms with van der Waals surface area (Å²) in [6.07, 6.45) is -1.03. The molecule has 1 aromatic carbocycles. The third-order valence-electron chi connectivity index (χ3n) is 4.10. The lowest BCUT2D eigenvalue weighted by molar-refractivity contribution is -0.176. The molecule has 0 spiro atoms. The minimum atomic E-state index is -0.297. The minimum absolute atomic E-state index is 0.209. The maximum Gasteiger partial charge on any atom is 0.154 e. The fourth-order valence-electron chi connectivity index (χ4n) is 2.51. The molecule has 0 radical (unpaired) electrons. The van der Waals surface area contributed by atoms with Gasteiger partial charge in [-0.1, -0.05) is 30.3 Å². The largest absolute Gasteiger partial charge is 0.377 e. The molecule has 0 aliphatic rings. The second-order valence-corrected chi connectivity index (χ2v) is 6.53. The average molecular weight is 415 g/mol. The van der Waals surface area contributed by atoms with E-state index in [0.29, 0.717) is 46.2 Å². The van der Waals surface area contributed by atoms with Crippen molar-refractivity contribution in [3.05, 3.63) is 35.9 Å². The maximum absolute atomic E-state index is 6.00. The Labute approximate surface area is 175 Å². The first kappa shape index (κ1) is 26.0. The van der Waals surface area contributed by atoms with Crippen molar-refractivity contribution < 1.29 is 33.2 Å². The lowest BCUT2D eigenvalue weighted by Gasteiger charge is -2.24. The van der Waals surface area contributed by atoms with Crippen LogP contribution in [0.1, 0.15) is 33.3 Å². The second kappa shape index (κ2) is 16.7. The summed E-state index contributed by atoms with van der Waals surface area (Å²) in [5.74, 6) is 0. The van der Waals surface area contributed by atoms with Gasteiger partial charge in [-0.25, -0.2) is 0 Å². The smallest absolute Gasteiger partial charge is 0.154 e. The van der Waals surface area contributed by atoms with E-state index in [0.717, 1.165) is 5.56 Å². The van der Waals surface area contributed by atoms with E-state index in [1.54, 1.807) is 7.11 Å². The molecule has 0 amide bonds. The molecule has 0 saturated carbocycles. The molecule has 0 fully saturated rings. The Morgan fingerprint density at radius 3 is 1.79 bits per heavy atom. The predicted molar refractivity (Wildman–Crippen MR) is 111 cm³/mol. The molecule has 0 aromatic heterocycles. The molecule has 29 heavy (non-hydrogen) atoms. The van der Waals surface area contributed by atoms with Gasteiger partial charge in [0.15, 0.2) is 12.6 Å². The van der Waals surface area contributed by atoms with E-state index in [1.165, 1.54) is 0 Å². The quantitative estimate of drug-likeness (QED) is 0.341. The predicted octanol–water partition coefficient (Wildman–Crippen LogP) is 3.40. The molecule has 1 aromatic rings. The van der Waals surface area contributed by atoms with Crippen molar-refractivity contribution in [1.29, 1.82) is 0 Å². The van der Waals surface area contributed by atoms with Crippen molar-refractivity contribution in [1.82, 2.24) is 0 Å². The van der Waals surface area contributed by atoms with Crippen LogP contribution in [0.25, 0.3) is 0 Å². The summed E-state index contributed by atoms with van der Waals surface area (Å²) in [7, 11) is 1.64. The SMILES string of the molecule is CCOC(C)OC[C@@H](CO[C@H](COCc1ccccc1)COC(C)OCC)OC. The first-order chi connectivity index (χ1) is 14.1. The molecule has 4 atom stereocenters. The Balaban J connectivity index is 2.45. The van der Waals surface area contributed by atoms with Crippen molar-refractivity contribution in [3.63, 3.8) is 0 Å². The van der Waals surface area contributed by atoms with Crippen molar-refractivity contribution in [2.75, 3.05) is 46.8 Å². The Hall–Kier alpha value is -1.06. The molecule has 0 bridgehead atoms. The zero-order valence-corrected chi connectivity index (χ0v) is 18.5. The fourth-order valence-corrected chi connectivity index (χ4v) is 2.51. The van der Waals surface area contributed by atoms with Crippen molar-refractivity contribution in [2.24, 2.45) is 0 Å². The van der Waals surface area contributed by atoms with E-state index >= 15 is 0 Å². The first-order valence-electron chi connectivity index (χ1n) is 10.3. The highest BCUT2D eigenvalue weighted by molar-refractivity contribution is 5.13. The van der Waals surface area contributed by atoms with Gasteiger partial charge in [0.25, 0.3) is 0 Å². The van der Waals surface area contributed by atoms with E-state index in [4.69, 9.17) is 33.2 Å². The number of hydrogen-bond acceptors (Lipinski definition) is 7. The van der Waals surface area contributed by atoms with Crippen LogP contribution in [0.3, 0.4) is 0 Å². The molecular weight excluding hydrogens is 376 g/mol. The normalized spacial score (nSPS) is 15.8. The molecule has 0 N–H and O–H groups in total. The molecule has 7 nitrogen and oxygen atoms in total. The van der Waals surface area contributed by atoms with E-state index < -0.39 is 0 Å². The number of benzene rings is 1. The minimum Gasteiger partial charge on any atom is -0.377 e. The van der Waals surface area contributed by atoms with Gasteiger partial charge in [-0.15, -0.1) is 0 Å². The van der Waals surface area contributed by atoms with Gasteiger partial charge in [-0.05, 0) is 33.3 Å². The highest BCUT2D eigenvalue weighted by Crippen LogP contribution is 2.07. The summed E-state index contributed by atoms with van der Waals surface area (Å²) in [5, 5.41) is 0. The van der Waals surface area contributed by atoms with Gasteiger partial charge in [0.1, 0.15) is 12.2 Å². The van der Waals surface area contributed by atoms with Crippen molar-refractivity contribution in [2.45, 2.75) is 59.1 Å². The molecule has 1 rings (SSSR count). The van der Waals surface area contributed by atoms with Gasteiger partial charge >= 0.3 is 0 Å². The van der Waals surface area contributed by atoms with Crippen LogP contribution in [-0.4, -0.2) is 71.5 Å². The van der Waals surface area contributed by atoms with Crippen molar-refractivity contribution >= 4 is 0 Å². The number of rotatable bonds is 18. The standard InChI is InChI=1S/C22H38O7/c1-6-25-18(3)27-15-21(23-5)16-29-22(17-28-19(4)26-7-2)14-24-13-20-11-9-8-10-12-20/h8-12,18-19,21-22H,6-7,13-17H2,1-5H3/t18?,19?,21-,22+/m0/s1. The molecule has 0 aliphatic carbocycles. The topological polar surface area (TPSA) is 64.6 Å². The summed E-state index contributed by atoms with van der Waals surface area (Å²) in [5.41, 5.74) is 1.11. The zero-order valence-electron chi connectivity index (χ0n) is 18.5. The summed E-state index contributed by atoms with van der Waals surface area (Å²) in [6.45, 7) is 10.8. The Morgan fingerprint density at radius 2 is 1.24 bits per heavy atom. The van der Waals surface area contributed by atoms with Gasteiger partial charge in [-0.3, -0.25) is 0 Å². The number of ether oxygens (including phenoxy) is 7. The summed E-state index contributed by atoms with van der Waals surface area (Å²) in [4.78, 5) is 0. The summed E-state index contributed by atoms with van der Waals surface area (Å²) < 4.78 is 39.4.